The van der Waals surface area contributed by atoms with E-state index in [9.17, 15) is 28.8 Å². The van der Waals surface area contributed by atoms with E-state index in [1.54, 1.807) is 4.90 Å². The lowest BCUT2D eigenvalue weighted by Gasteiger charge is -2.42. The third-order valence-corrected chi connectivity index (χ3v) is 11.7. The molecule has 0 aromatic carbocycles. The van der Waals surface area contributed by atoms with Crippen molar-refractivity contribution < 1.29 is 28.8 Å². The number of rotatable bonds is 14. The topological polar surface area (TPSA) is 180 Å². The first-order valence-corrected chi connectivity index (χ1v) is 18.4. The molecule has 13 heteroatoms. The molecule has 4 fully saturated rings. The molecule has 1 saturated heterocycles. The van der Waals surface area contributed by atoms with Crippen LogP contribution >= 0.6 is 0 Å². The van der Waals surface area contributed by atoms with Crippen LogP contribution in [0, 0.1) is 34.0 Å². The zero-order chi connectivity index (χ0) is 37.3. The van der Waals surface area contributed by atoms with E-state index in [0.29, 0.717) is 13.0 Å². The molecule has 3 saturated carbocycles. The maximum atomic E-state index is 14.7. The van der Waals surface area contributed by atoms with Gasteiger partial charge in [-0.15, -0.1) is 6.58 Å². The van der Waals surface area contributed by atoms with Crippen molar-refractivity contribution in [3.05, 3.63) is 36.9 Å². The quantitative estimate of drug-likeness (QED) is 0.169. The van der Waals surface area contributed by atoms with E-state index in [2.05, 4.69) is 51.7 Å². The highest BCUT2D eigenvalue weighted by Gasteiger charge is 2.70. The number of nitrogens with zero attached hydrogens (tertiary/aromatic N) is 3. The summed E-state index contributed by atoms with van der Waals surface area (Å²) in [7, 11) is 0. The second-order valence-electron chi connectivity index (χ2n) is 17.0. The number of fused-ring (bicyclic) bond motifs is 1. The molecule has 1 unspecified atom stereocenters. The Morgan fingerprint density at radius 2 is 1.69 bits per heavy atom. The number of Topliss-reactive ketones (excluding diaryl/α,β-unsaturated/α-hetero) is 1. The highest BCUT2D eigenvalue weighted by molar-refractivity contribution is 6.38. The Kier molecular flexibility index (Phi) is 11.1. The number of ketones is 1. The molecule has 0 bridgehead atoms. The molecule has 51 heavy (non-hydrogen) atoms. The van der Waals surface area contributed by atoms with Crippen LogP contribution < -0.4 is 21.3 Å². The Morgan fingerprint density at radius 1 is 1.00 bits per heavy atom. The van der Waals surface area contributed by atoms with E-state index >= 15 is 0 Å². The van der Waals surface area contributed by atoms with Crippen LogP contribution in [0.15, 0.2) is 31.2 Å². The molecule has 2 heterocycles. The zero-order valence-corrected chi connectivity index (χ0v) is 30.9. The van der Waals surface area contributed by atoms with Gasteiger partial charge in [0.15, 0.2) is 0 Å². The summed E-state index contributed by atoms with van der Waals surface area (Å²) in [4.78, 5) is 92.1. The summed E-state index contributed by atoms with van der Waals surface area (Å²) < 4.78 is 0. The normalized spacial score (nSPS) is 24.9. The van der Waals surface area contributed by atoms with Crippen molar-refractivity contribution in [2.45, 2.75) is 117 Å². The molecule has 5 amide bonds. The number of hydrogen-bond acceptors (Lipinski definition) is 8. The first kappa shape index (κ1) is 38.1. The first-order chi connectivity index (χ1) is 24.0. The number of piperidine rings is 1. The number of hydrogen-bond donors (Lipinski definition) is 4. The molecule has 0 radical (unpaired) electrons. The summed E-state index contributed by atoms with van der Waals surface area (Å²) in [5.41, 5.74) is -1.45. The maximum absolute atomic E-state index is 14.7. The molecule has 1 aromatic heterocycles. The van der Waals surface area contributed by atoms with E-state index in [1.807, 2.05) is 27.7 Å². The monoisotopic (exact) mass is 705 g/mol. The Labute approximate surface area is 300 Å². The van der Waals surface area contributed by atoms with Gasteiger partial charge in [0, 0.05) is 25.5 Å². The van der Waals surface area contributed by atoms with Crippen molar-refractivity contribution in [3.8, 4) is 0 Å². The lowest BCUT2D eigenvalue weighted by atomic mass is 9.70. The van der Waals surface area contributed by atoms with Gasteiger partial charge in [0.2, 0.25) is 23.5 Å². The average molecular weight is 706 g/mol. The molecule has 0 spiro atoms. The first-order valence-electron chi connectivity index (χ1n) is 18.4. The third kappa shape index (κ3) is 8.33. The van der Waals surface area contributed by atoms with Crippen LogP contribution in [-0.4, -0.2) is 87.4 Å². The number of likely N-dealkylation sites (tertiary alicyclic amines) is 1. The zero-order valence-electron chi connectivity index (χ0n) is 30.9. The Hall–Kier alpha value is -4.16. The van der Waals surface area contributed by atoms with Crippen LogP contribution in [0.25, 0.3) is 0 Å². The second-order valence-corrected chi connectivity index (χ2v) is 17.0. The molecular formula is C38H55N7O6. The number of amides is 5. The predicted molar refractivity (Wildman–Crippen MR) is 190 cm³/mol. The molecule has 1 aromatic rings. The van der Waals surface area contributed by atoms with Gasteiger partial charge >= 0.3 is 0 Å². The summed E-state index contributed by atoms with van der Waals surface area (Å²) in [5, 5.41) is 11.3. The maximum Gasteiger partial charge on any atom is 0.289 e. The van der Waals surface area contributed by atoms with Gasteiger partial charge in [-0.3, -0.25) is 33.8 Å². The summed E-state index contributed by atoms with van der Waals surface area (Å²) in [5.74, 6) is -3.23. The highest BCUT2D eigenvalue weighted by Crippen LogP contribution is 2.65. The van der Waals surface area contributed by atoms with Gasteiger partial charge in [0.25, 0.3) is 11.8 Å². The van der Waals surface area contributed by atoms with Gasteiger partial charge in [-0.1, -0.05) is 79.7 Å². The van der Waals surface area contributed by atoms with Crippen LogP contribution in [-0.2, 0) is 24.0 Å². The van der Waals surface area contributed by atoms with Crippen molar-refractivity contribution in [3.63, 3.8) is 0 Å². The largest absolute Gasteiger partial charge is 0.346 e. The fourth-order valence-electron chi connectivity index (χ4n) is 8.26. The molecule has 278 valence electrons. The van der Waals surface area contributed by atoms with Crippen molar-refractivity contribution >= 4 is 35.3 Å². The molecule has 6 atom stereocenters. The molecule has 5 rings (SSSR count). The van der Waals surface area contributed by atoms with Gasteiger partial charge in [0.05, 0.1) is 12.2 Å². The Balaban J connectivity index is 1.38. The summed E-state index contributed by atoms with van der Waals surface area (Å²) in [6, 6.07) is -3.87. The fourth-order valence-corrected chi connectivity index (χ4v) is 8.26. The van der Waals surface area contributed by atoms with Gasteiger partial charge in [0.1, 0.15) is 23.8 Å². The molecule has 4 N–H and O–H groups in total. The van der Waals surface area contributed by atoms with Crippen molar-refractivity contribution in [2.75, 3.05) is 13.1 Å². The van der Waals surface area contributed by atoms with Gasteiger partial charge in [-0.05, 0) is 53.3 Å². The van der Waals surface area contributed by atoms with E-state index in [1.165, 1.54) is 24.7 Å². The van der Waals surface area contributed by atoms with Gasteiger partial charge in [-0.25, -0.2) is 4.98 Å². The Bertz CT molecular complexity index is 1530. The average Bonchev–Trinajstić information content (AvgIpc) is 3.95. The van der Waals surface area contributed by atoms with Crippen molar-refractivity contribution in [1.82, 2.24) is 36.1 Å². The van der Waals surface area contributed by atoms with Crippen LogP contribution in [0.4, 0.5) is 0 Å². The van der Waals surface area contributed by atoms with Gasteiger partial charge in [-0.2, -0.15) is 0 Å². The van der Waals surface area contributed by atoms with Crippen LogP contribution in [0.3, 0.4) is 0 Å². The van der Waals surface area contributed by atoms with Crippen LogP contribution in [0.5, 0.6) is 0 Å². The smallest absolute Gasteiger partial charge is 0.289 e. The summed E-state index contributed by atoms with van der Waals surface area (Å²) in [6.45, 7) is 15.7. The minimum atomic E-state index is -1.03. The van der Waals surface area contributed by atoms with Crippen LogP contribution in [0.1, 0.15) is 103 Å². The van der Waals surface area contributed by atoms with Crippen molar-refractivity contribution in [1.29, 1.82) is 0 Å². The van der Waals surface area contributed by atoms with Gasteiger partial charge < -0.3 is 26.2 Å². The summed E-state index contributed by atoms with van der Waals surface area (Å²) in [6.07, 6.45) is 12.2. The highest BCUT2D eigenvalue weighted by atomic mass is 16.2. The molecular weight excluding hydrogens is 650 g/mol. The lowest BCUT2D eigenvalue weighted by molar-refractivity contribution is -0.147. The molecule has 1 aliphatic heterocycles. The number of aromatic nitrogens is 2. The van der Waals surface area contributed by atoms with E-state index in [4.69, 9.17) is 0 Å². The van der Waals surface area contributed by atoms with Crippen molar-refractivity contribution in [2.24, 2.45) is 34.0 Å². The van der Waals surface area contributed by atoms with E-state index < -0.39 is 70.3 Å². The molecule has 13 nitrogen and oxygen atoms in total. The van der Waals surface area contributed by atoms with E-state index in [0.717, 1.165) is 44.9 Å². The molecule has 4 aliphatic rings. The van der Waals surface area contributed by atoms with E-state index in [-0.39, 0.29) is 35.4 Å². The molecule has 3 aliphatic carbocycles. The standard InChI is InChI=1S/C38H55N7O6/c1-8-16-41-33(49)28(46)24(19-22-12-13-22)42-32(48)27-26-23(37(26,5)6)21-45(27)35(51)30(36(2,3)4)44-34(50)29(38(7)14-10-9-11-15-38)43-31(47)25-20-39-17-18-40-25/h8,17-18,20,22-24,26-27,29-30H,1,9-16,19,21H2,2-7H3,(H,41,49)(H,42,48)(H,43,47)(H,44,50)/t23-,24?,26-,27-,29+,30+/m0/s1. The Morgan fingerprint density at radius 3 is 2.27 bits per heavy atom. The number of carbonyl (C=O) groups excluding carboxylic acids is 6. The SMILES string of the molecule is C=CCNC(=O)C(=O)C(CC1CC1)NC(=O)[C@@H]1[C@@H]2[C@H](CN1C(=O)[C@@H](NC(=O)[C@@H](NC(=O)c1cnccn1)C1(C)CCCCC1)C(C)(C)C)C2(C)C. The number of nitrogens with one attached hydrogen (secondary N) is 4. The number of carbonyl (C=O) groups is 6. The van der Waals surface area contributed by atoms with Crippen LogP contribution in [0.2, 0.25) is 0 Å². The second kappa shape index (κ2) is 14.8. The fraction of sp³-hybridized carbons (Fsp3) is 0.684. The third-order valence-electron chi connectivity index (χ3n) is 11.7. The summed E-state index contributed by atoms with van der Waals surface area (Å²) >= 11 is 0. The lowest BCUT2D eigenvalue weighted by Crippen LogP contribution is -2.64. The minimum absolute atomic E-state index is 0.0576. The predicted octanol–water partition coefficient (Wildman–Crippen LogP) is 2.72. The minimum Gasteiger partial charge on any atom is -0.346 e.